The van der Waals surface area contributed by atoms with Crippen LogP contribution in [0, 0.1) is 6.92 Å². The van der Waals surface area contributed by atoms with Crippen molar-refractivity contribution in [1.29, 1.82) is 0 Å². The van der Waals surface area contributed by atoms with Crippen LogP contribution in [0.1, 0.15) is 4.88 Å². The first kappa shape index (κ1) is 10.8. The van der Waals surface area contributed by atoms with Gasteiger partial charge in [0.25, 0.3) is 0 Å². The highest BCUT2D eigenvalue weighted by Crippen LogP contribution is 2.23. The van der Waals surface area contributed by atoms with E-state index in [1.165, 1.54) is 4.88 Å². The van der Waals surface area contributed by atoms with E-state index in [-0.39, 0.29) is 5.95 Å². The van der Waals surface area contributed by atoms with Crippen molar-refractivity contribution < 1.29 is 0 Å². The van der Waals surface area contributed by atoms with Gasteiger partial charge in [-0.1, -0.05) is 0 Å². The van der Waals surface area contributed by atoms with Gasteiger partial charge in [-0.15, -0.1) is 11.3 Å². The van der Waals surface area contributed by atoms with Crippen molar-refractivity contribution in [3.05, 3.63) is 16.3 Å². The van der Waals surface area contributed by atoms with Crippen molar-refractivity contribution in [2.45, 2.75) is 6.92 Å². The molecule has 0 saturated heterocycles. The zero-order valence-electron chi connectivity index (χ0n) is 9.43. The van der Waals surface area contributed by atoms with Crippen molar-refractivity contribution >= 4 is 23.2 Å². The number of rotatable bonds is 2. The van der Waals surface area contributed by atoms with Crippen LogP contribution in [-0.2, 0) is 0 Å². The van der Waals surface area contributed by atoms with Gasteiger partial charge in [0.15, 0.2) is 5.82 Å². The fourth-order valence-corrected chi connectivity index (χ4v) is 1.95. The van der Waals surface area contributed by atoms with Crippen LogP contribution in [0.4, 0.5) is 11.9 Å². The summed E-state index contributed by atoms with van der Waals surface area (Å²) >= 11 is 1.66. The third-order valence-corrected chi connectivity index (χ3v) is 2.89. The van der Waals surface area contributed by atoms with Gasteiger partial charge >= 0.3 is 0 Å². The molecule has 5 nitrogen and oxygen atoms in total. The summed E-state index contributed by atoms with van der Waals surface area (Å²) in [6.07, 6.45) is 0. The molecule has 0 aliphatic carbocycles. The zero-order valence-corrected chi connectivity index (χ0v) is 10.2. The molecule has 84 valence electrons. The van der Waals surface area contributed by atoms with E-state index in [1.807, 2.05) is 32.5 Å². The van der Waals surface area contributed by atoms with Gasteiger partial charge < -0.3 is 10.6 Å². The molecule has 0 amide bonds. The molecule has 0 saturated carbocycles. The standard InChI is InChI=1S/C10H13N5S/c1-6-4-7(5-16-6)8-12-9(11)14-10(13-8)15(2)3/h4-5H,1-3H3,(H2,11,12,13,14). The molecule has 0 bridgehead atoms. The fourth-order valence-electron chi connectivity index (χ4n) is 1.27. The van der Waals surface area contributed by atoms with Crippen LogP contribution in [0.15, 0.2) is 11.4 Å². The molecule has 0 radical (unpaired) electrons. The second-order valence-corrected chi connectivity index (χ2v) is 4.77. The van der Waals surface area contributed by atoms with Gasteiger partial charge in [0.2, 0.25) is 11.9 Å². The van der Waals surface area contributed by atoms with E-state index < -0.39 is 0 Å². The van der Waals surface area contributed by atoms with Crippen LogP contribution < -0.4 is 10.6 Å². The molecular weight excluding hydrogens is 222 g/mol. The van der Waals surface area contributed by atoms with E-state index in [4.69, 9.17) is 5.73 Å². The predicted octanol–water partition coefficient (Wildman–Crippen LogP) is 1.56. The molecule has 0 spiro atoms. The van der Waals surface area contributed by atoms with Gasteiger partial charge in [0, 0.05) is 29.9 Å². The monoisotopic (exact) mass is 235 g/mol. The Labute approximate surface area is 98.0 Å². The minimum absolute atomic E-state index is 0.248. The maximum atomic E-state index is 5.66. The largest absolute Gasteiger partial charge is 0.368 e. The summed E-state index contributed by atoms with van der Waals surface area (Å²) in [6.45, 7) is 2.05. The Morgan fingerprint density at radius 3 is 2.56 bits per heavy atom. The second-order valence-electron chi connectivity index (χ2n) is 3.66. The van der Waals surface area contributed by atoms with E-state index in [0.717, 1.165) is 5.56 Å². The SMILES string of the molecule is Cc1cc(-c2nc(N)nc(N(C)C)n2)cs1. The van der Waals surface area contributed by atoms with E-state index in [1.54, 1.807) is 16.2 Å². The smallest absolute Gasteiger partial charge is 0.230 e. The predicted molar refractivity (Wildman–Crippen MR) is 66.6 cm³/mol. The molecule has 0 aliphatic rings. The van der Waals surface area contributed by atoms with Crippen molar-refractivity contribution in [3.8, 4) is 11.4 Å². The number of hydrogen-bond donors (Lipinski definition) is 1. The summed E-state index contributed by atoms with van der Waals surface area (Å²) in [5, 5.41) is 2.02. The average Bonchev–Trinajstić information content (AvgIpc) is 2.64. The fraction of sp³-hybridized carbons (Fsp3) is 0.300. The number of hydrogen-bond acceptors (Lipinski definition) is 6. The average molecular weight is 235 g/mol. The molecule has 2 N–H and O–H groups in total. The van der Waals surface area contributed by atoms with E-state index in [0.29, 0.717) is 11.8 Å². The highest BCUT2D eigenvalue weighted by atomic mass is 32.1. The summed E-state index contributed by atoms with van der Waals surface area (Å²) in [6, 6.07) is 2.04. The van der Waals surface area contributed by atoms with Crippen molar-refractivity contribution in [2.24, 2.45) is 0 Å². The lowest BCUT2D eigenvalue weighted by atomic mass is 10.3. The van der Waals surface area contributed by atoms with Crippen molar-refractivity contribution in [3.63, 3.8) is 0 Å². The van der Waals surface area contributed by atoms with Gasteiger partial charge in [0.05, 0.1) is 0 Å². The maximum absolute atomic E-state index is 5.66. The second kappa shape index (κ2) is 4.05. The first-order chi connectivity index (χ1) is 7.56. The van der Waals surface area contributed by atoms with Crippen LogP contribution in [-0.4, -0.2) is 29.0 Å². The molecule has 2 aromatic rings. The minimum atomic E-state index is 0.248. The maximum Gasteiger partial charge on any atom is 0.230 e. The first-order valence-corrected chi connectivity index (χ1v) is 5.68. The number of nitrogen functional groups attached to an aromatic ring is 1. The van der Waals surface area contributed by atoms with E-state index in [2.05, 4.69) is 15.0 Å². The molecule has 0 unspecified atom stereocenters. The van der Waals surface area contributed by atoms with E-state index in [9.17, 15) is 0 Å². The highest BCUT2D eigenvalue weighted by molar-refractivity contribution is 7.10. The van der Waals surface area contributed by atoms with Gasteiger partial charge in [-0.25, -0.2) is 0 Å². The molecule has 2 rings (SSSR count). The summed E-state index contributed by atoms with van der Waals surface area (Å²) in [5.74, 6) is 1.45. The Hall–Kier alpha value is -1.69. The summed E-state index contributed by atoms with van der Waals surface area (Å²) in [7, 11) is 3.74. The number of anilines is 2. The van der Waals surface area contributed by atoms with E-state index >= 15 is 0 Å². The number of nitrogens with two attached hydrogens (primary N) is 1. The third kappa shape index (κ3) is 2.11. The topological polar surface area (TPSA) is 67.9 Å². The molecule has 16 heavy (non-hydrogen) atoms. The number of aromatic nitrogens is 3. The van der Waals surface area contributed by atoms with Crippen LogP contribution in [0.2, 0.25) is 0 Å². The van der Waals surface area contributed by atoms with Crippen LogP contribution in [0.3, 0.4) is 0 Å². The summed E-state index contributed by atoms with van der Waals surface area (Å²) in [4.78, 5) is 15.6. The molecule has 6 heteroatoms. The van der Waals surface area contributed by atoms with Crippen LogP contribution in [0.5, 0.6) is 0 Å². The zero-order chi connectivity index (χ0) is 11.7. The quantitative estimate of drug-likeness (QED) is 0.855. The summed E-state index contributed by atoms with van der Waals surface area (Å²) in [5.41, 5.74) is 6.64. The Morgan fingerprint density at radius 2 is 2.00 bits per heavy atom. The van der Waals surface area contributed by atoms with Crippen LogP contribution in [0.25, 0.3) is 11.4 Å². The van der Waals surface area contributed by atoms with Gasteiger partial charge in [-0.2, -0.15) is 15.0 Å². The molecule has 0 aliphatic heterocycles. The molecule has 2 aromatic heterocycles. The Morgan fingerprint density at radius 1 is 1.25 bits per heavy atom. The van der Waals surface area contributed by atoms with Crippen LogP contribution >= 0.6 is 11.3 Å². The summed E-state index contributed by atoms with van der Waals surface area (Å²) < 4.78 is 0. The normalized spacial score (nSPS) is 10.4. The Balaban J connectivity index is 2.49. The Kier molecular flexibility index (Phi) is 2.74. The lowest BCUT2D eigenvalue weighted by molar-refractivity contribution is 0.970. The lowest BCUT2D eigenvalue weighted by Gasteiger charge is -2.10. The van der Waals surface area contributed by atoms with Crippen molar-refractivity contribution in [1.82, 2.24) is 15.0 Å². The number of nitrogens with zero attached hydrogens (tertiary/aromatic N) is 4. The minimum Gasteiger partial charge on any atom is -0.368 e. The van der Waals surface area contributed by atoms with Gasteiger partial charge in [-0.3, -0.25) is 0 Å². The number of aryl methyl sites for hydroxylation is 1. The highest BCUT2D eigenvalue weighted by Gasteiger charge is 2.09. The van der Waals surface area contributed by atoms with Crippen molar-refractivity contribution in [2.75, 3.05) is 24.7 Å². The molecular formula is C10H13N5S. The Bertz CT molecular complexity index is 506. The first-order valence-electron chi connectivity index (χ1n) is 4.80. The number of thiophene rings is 1. The molecule has 0 aromatic carbocycles. The molecule has 0 atom stereocenters. The molecule has 2 heterocycles. The molecule has 0 fully saturated rings. The van der Waals surface area contributed by atoms with Gasteiger partial charge in [0.1, 0.15) is 0 Å². The lowest BCUT2D eigenvalue weighted by Crippen LogP contribution is -2.15. The third-order valence-electron chi connectivity index (χ3n) is 2.03. The van der Waals surface area contributed by atoms with Gasteiger partial charge in [-0.05, 0) is 13.0 Å².